The first-order chi connectivity index (χ1) is 17.2. The Labute approximate surface area is 211 Å². The average Bonchev–Trinajstić information content (AvgIpc) is 3.31. The number of anilines is 5. The Hall–Kier alpha value is -3.62. The number of hydrogen-bond donors (Lipinski definition) is 3. The molecule has 0 aliphatic carbocycles. The van der Waals surface area contributed by atoms with Crippen LogP contribution in [-0.2, 0) is 4.57 Å². The Kier molecular flexibility index (Phi) is 7.47. The molecule has 0 fully saturated rings. The molecule has 190 valence electrons. The molecule has 0 aliphatic heterocycles. The summed E-state index contributed by atoms with van der Waals surface area (Å²) >= 11 is 0. The lowest BCUT2D eigenvalue weighted by Gasteiger charge is -2.21. The number of aromatic nitrogens is 4. The molecule has 0 bridgehead atoms. The number of aromatic amines is 1. The van der Waals surface area contributed by atoms with E-state index >= 15 is 0 Å². The largest absolute Gasteiger partial charge is 0.479 e. The third-order valence-electron chi connectivity index (χ3n) is 5.71. The van der Waals surface area contributed by atoms with Crippen LogP contribution in [0.15, 0.2) is 48.7 Å². The third-order valence-corrected chi connectivity index (χ3v) is 7.26. The van der Waals surface area contributed by atoms with Crippen LogP contribution < -0.4 is 25.6 Å². The topological polar surface area (TPSA) is 111 Å². The second kappa shape index (κ2) is 10.6. The van der Waals surface area contributed by atoms with Gasteiger partial charge < -0.3 is 34.7 Å². The monoisotopic (exact) mass is 508 g/mol. The predicted octanol–water partition coefficient (Wildman–Crippen LogP) is 4.09. The number of benzene rings is 1. The number of rotatable bonds is 10. The third kappa shape index (κ3) is 5.78. The fourth-order valence-corrected chi connectivity index (χ4v) is 4.90. The molecule has 3 aromatic heterocycles. The van der Waals surface area contributed by atoms with Gasteiger partial charge in [0.2, 0.25) is 11.8 Å². The summed E-state index contributed by atoms with van der Waals surface area (Å²) in [5.41, 5.74) is 2.06. The summed E-state index contributed by atoms with van der Waals surface area (Å²) in [6.07, 6.45) is 1.81. The van der Waals surface area contributed by atoms with E-state index in [1.807, 2.05) is 69.8 Å². The van der Waals surface area contributed by atoms with Gasteiger partial charge in [-0.05, 0) is 57.8 Å². The number of likely N-dealkylation sites (N-methyl/N-ethyl adjacent to an activating group) is 2. The summed E-state index contributed by atoms with van der Waals surface area (Å²) in [7, 11) is 5.17. The Morgan fingerprint density at radius 3 is 2.44 bits per heavy atom. The second-order valence-electron chi connectivity index (χ2n) is 9.20. The summed E-state index contributed by atoms with van der Waals surface area (Å²) in [6, 6.07) is 13.3. The average molecular weight is 509 g/mol. The lowest BCUT2D eigenvalue weighted by atomic mass is 10.3. The maximum absolute atomic E-state index is 12.9. The minimum absolute atomic E-state index is 0.370. The fourth-order valence-electron chi connectivity index (χ4n) is 3.75. The maximum Gasteiger partial charge on any atom is 0.239 e. The molecule has 4 aromatic rings. The molecule has 4 rings (SSSR count). The molecule has 0 saturated heterocycles. The van der Waals surface area contributed by atoms with Gasteiger partial charge in [-0.25, -0.2) is 0 Å². The molecule has 11 heteroatoms. The molecule has 0 saturated carbocycles. The molecule has 0 spiro atoms. The zero-order chi connectivity index (χ0) is 25.9. The SMILES string of the molecule is COc1nc(N(C)CCN(C)C)ccc1Nc1nc(Nc2ccccc2P(C)(C)=O)c2cc[nH]c2n1. The van der Waals surface area contributed by atoms with Gasteiger partial charge in [0.15, 0.2) is 0 Å². The molecule has 0 aliphatic rings. The van der Waals surface area contributed by atoms with Crippen molar-refractivity contribution < 1.29 is 9.30 Å². The van der Waals surface area contributed by atoms with Crippen LogP contribution in [0.5, 0.6) is 5.88 Å². The van der Waals surface area contributed by atoms with E-state index in [0.717, 1.165) is 35.3 Å². The first-order valence-corrected chi connectivity index (χ1v) is 14.2. The van der Waals surface area contributed by atoms with Crippen LogP contribution in [0.4, 0.5) is 29.0 Å². The normalized spacial score (nSPS) is 11.6. The Morgan fingerprint density at radius 1 is 0.944 bits per heavy atom. The standard InChI is InChI=1S/C25H33N8O2P/c1-32(2)15-16-33(3)21-12-11-19(24(29-21)35-4)28-25-30-22-17(13-14-26-22)23(31-25)27-18-9-7-8-10-20(18)36(5,6)34/h7-14H,15-16H2,1-6H3,(H3,26,27,28,30,31). The van der Waals surface area contributed by atoms with Crippen LogP contribution in [0.3, 0.4) is 0 Å². The van der Waals surface area contributed by atoms with E-state index in [2.05, 4.69) is 35.4 Å². The molecule has 0 amide bonds. The molecule has 0 atom stereocenters. The van der Waals surface area contributed by atoms with E-state index in [1.54, 1.807) is 20.4 Å². The number of ether oxygens (including phenoxy) is 1. The van der Waals surface area contributed by atoms with E-state index < -0.39 is 7.14 Å². The number of H-pyrrole nitrogens is 1. The number of hydrogen-bond acceptors (Lipinski definition) is 9. The van der Waals surface area contributed by atoms with Gasteiger partial charge in [-0.1, -0.05) is 12.1 Å². The van der Waals surface area contributed by atoms with Gasteiger partial charge in [-0.2, -0.15) is 15.0 Å². The van der Waals surface area contributed by atoms with E-state index in [9.17, 15) is 4.57 Å². The van der Waals surface area contributed by atoms with Crippen molar-refractivity contribution in [2.75, 3.05) is 70.2 Å². The van der Waals surface area contributed by atoms with Crippen molar-refractivity contribution in [1.82, 2.24) is 24.8 Å². The van der Waals surface area contributed by atoms with Crippen molar-refractivity contribution >= 4 is 52.4 Å². The Morgan fingerprint density at radius 2 is 1.72 bits per heavy atom. The van der Waals surface area contributed by atoms with Crippen LogP contribution in [-0.4, -0.2) is 79.5 Å². The Bertz CT molecular complexity index is 1400. The molecule has 3 N–H and O–H groups in total. The highest BCUT2D eigenvalue weighted by atomic mass is 31.2. The molecule has 36 heavy (non-hydrogen) atoms. The molecule has 1 aromatic carbocycles. The van der Waals surface area contributed by atoms with Gasteiger partial charge in [-0.15, -0.1) is 0 Å². The van der Waals surface area contributed by atoms with E-state index in [1.165, 1.54) is 0 Å². The second-order valence-corrected chi connectivity index (χ2v) is 12.4. The highest BCUT2D eigenvalue weighted by Gasteiger charge is 2.18. The summed E-state index contributed by atoms with van der Waals surface area (Å²) in [5, 5.41) is 8.20. The number of fused-ring (bicyclic) bond motifs is 1. The van der Waals surface area contributed by atoms with E-state index in [4.69, 9.17) is 9.72 Å². The molecule has 0 radical (unpaired) electrons. The van der Waals surface area contributed by atoms with Gasteiger partial charge >= 0.3 is 0 Å². The lowest BCUT2D eigenvalue weighted by molar-refractivity contribution is 0.398. The van der Waals surface area contributed by atoms with Gasteiger partial charge in [0.1, 0.15) is 30.1 Å². The van der Waals surface area contributed by atoms with Crippen molar-refractivity contribution in [2.45, 2.75) is 0 Å². The minimum atomic E-state index is -2.50. The summed E-state index contributed by atoms with van der Waals surface area (Å²) in [6.45, 7) is 5.26. The number of methoxy groups -OCH3 is 1. The van der Waals surface area contributed by atoms with Crippen LogP contribution >= 0.6 is 7.14 Å². The molecule has 0 unspecified atom stereocenters. The summed E-state index contributed by atoms with van der Waals surface area (Å²) in [4.78, 5) is 21.4. The first-order valence-electron chi connectivity index (χ1n) is 11.6. The lowest BCUT2D eigenvalue weighted by Crippen LogP contribution is -2.29. The van der Waals surface area contributed by atoms with Crippen molar-refractivity contribution in [1.29, 1.82) is 0 Å². The first kappa shape index (κ1) is 25.5. The number of nitrogens with zero attached hydrogens (tertiary/aromatic N) is 5. The van der Waals surface area contributed by atoms with Crippen molar-refractivity contribution in [3.8, 4) is 5.88 Å². The Balaban J connectivity index is 1.65. The molecule has 10 nitrogen and oxygen atoms in total. The van der Waals surface area contributed by atoms with Crippen molar-refractivity contribution in [2.24, 2.45) is 0 Å². The minimum Gasteiger partial charge on any atom is -0.479 e. The van der Waals surface area contributed by atoms with Crippen LogP contribution in [0.1, 0.15) is 0 Å². The van der Waals surface area contributed by atoms with E-state index in [0.29, 0.717) is 29.0 Å². The van der Waals surface area contributed by atoms with Crippen LogP contribution in [0, 0.1) is 0 Å². The van der Waals surface area contributed by atoms with Crippen molar-refractivity contribution in [3.05, 3.63) is 48.7 Å². The zero-order valence-electron chi connectivity index (χ0n) is 21.5. The van der Waals surface area contributed by atoms with Crippen LogP contribution in [0.25, 0.3) is 11.0 Å². The number of para-hydroxylation sites is 1. The van der Waals surface area contributed by atoms with Crippen LogP contribution in [0.2, 0.25) is 0 Å². The number of nitrogens with one attached hydrogen (secondary N) is 3. The number of pyridine rings is 1. The molecule has 3 heterocycles. The van der Waals surface area contributed by atoms with Gasteiger partial charge in [0, 0.05) is 31.6 Å². The van der Waals surface area contributed by atoms with Gasteiger partial charge in [0.05, 0.1) is 18.2 Å². The van der Waals surface area contributed by atoms with Gasteiger partial charge in [-0.3, -0.25) is 0 Å². The summed E-state index contributed by atoms with van der Waals surface area (Å²) in [5.74, 6) is 2.21. The predicted molar refractivity (Wildman–Crippen MR) is 149 cm³/mol. The molecular formula is C25H33N8O2P. The highest BCUT2D eigenvalue weighted by Crippen LogP contribution is 2.38. The fraction of sp³-hybridized carbons (Fsp3) is 0.320. The maximum atomic E-state index is 12.9. The van der Waals surface area contributed by atoms with Gasteiger partial charge in [0.25, 0.3) is 0 Å². The highest BCUT2D eigenvalue weighted by molar-refractivity contribution is 7.70. The van der Waals surface area contributed by atoms with E-state index in [-0.39, 0.29) is 0 Å². The quantitative estimate of drug-likeness (QED) is 0.273. The molecular weight excluding hydrogens is 475 g/mol. The van der Waals surface area contributed by atoms with Crippen molar-refractivity contribution in [3.63, 3.8) is 0 Å². The zero-order valence-corrected chi connectivity index (χ0v) is 22.4. The summed E-state index contributed by atoms with van der Waals surface area (Å²) < 4.78 is 18.4. The smallest absolute Gasteiger partial charge is 0.239 e.